The quantitative estimate of drug-likeness (QED) is 0.539. The number of rotatable bonds is 1. The van der Waals surface area contributed by atoms with Gasteiger partial charge in [0.2, 0.25) is 11.6 Å². The van der Waals surface area contributed by atoms with Crippen molar-refractivity contribution in [3.8, 4) is 10.8 Å². The van der Waals surface area contributed by atoms with Crippen molar-refractivity contribution >= 4 is 22.9 Å². The van der Waals surface area contributed by atoms with Crippen LogP contribution in [0, 0.1) is 6.92 Å². The number of ketones is 2. The van der Waals surface area contributed by atoms with Crippen LogP contribution in [0.1, 0.15) is 36.9 Å². The molecule has 21 heavy (non-hydrogen) atoms. The zero-order valence-electron chi connectivity index (χ0n) is 11.0. The largest absolute Gasteiger partial charge is 0.462 e. The van der Waals surface area contributed by atoms with Gasteiger partial charge in [0, 0.05) is 11.1 Å². The van der Waals surface area contributed by atoms with Gasteiger partial charge < -0.3 is 4.42 Å². The average Bonchev–Trinajstić information content (AvgIpc) is 3.13. The standard InChI is InChI=1S/C16H9NO3S/c1-8-4-5-9-10(7-8)14(19)15-12(13(9)18)17-16(21-15)11-3-2-6-20-11/h2-7H,1H3. The summed E-state index contributed by atoms with van der Waals surface area (Å²) in [7, 11) is 0. The van der Waals surface area contributed by atoms with Crippen LogP contribution in [0.2, 0.25) is 0 Å². The molecule has 0 aliphatic heterocycles. The van der Waals surface area contributed by atoms with Gasteiger partial charge in [-0.05, 0) is 31.2 Å². The van der Waals surface area contributed by atoms with Gasteiger partial charge >= 0.3 is 0 Å². The van der Waals surface area contributed by atoms with Crippen LogP contribution in [0.3, 0.4) is 0 Å². The second-order valence-electron chi connectivity index (χ2n) is 4.88. The van der Waals surface area contributed by atoms with Crippen LogP contribution in [0.25, 0.3) is 10.8 Å². The monoisotopic (exact) mass is 295 g/mol. The molecule has 0 saturated carbocycles. The molecule has 1 aliphatic rings. The minimum absolute atomic E-state index is 0.140. The molecular weight excluding hydrogens is 286 g/mol. The van der Waals surface area contributed by atoms with E-state index in [1.165, 1.54) is 17.6 Å². The highest BCUT2D eigenvalue weighted by Crippen LogP contribution is 2.35. The van der Waals surface area contributed by atoms with E-state index in [4.69, 9.17) is 4.42 Å². The maximum Gasteiger partial charge on any atom is 0.213 e. The smallest absolute Gasteiger partial charge is 0.213 e. The van der Waals surface area contributed by atoms with Crippen LogP contribution in [0.15, 0.2) is 41.0 Å². The van der Waals surface area contributed by atoms with Crippen molar-refractivity contribution in [2.75, 3.05) is 0 Å². The molecule has 0 saturated heterocycles. The number of benzene rings is 1. The van der Waals surface area contributed by atoms with Gasteiger partial charge in [-0.15, -0.1) is 11.3 Å². The third kappa shape index (κ3) is 1.71. The van der Waals surface area contributed by atoms with Crippen molar-refractivity contribution in [2.45, 2.75) is 6.92 Å². The lowest BCUT2D eigenvalue weighted by Crippen LogP contribution is -2.19. The Morgan fingerprint density at radius 3 is 2.71 bits per heavy atom. The number of hydrogen-bond acceptors (Lipinski definition) is 5. The maximum atomic E-state index is 12.6. The number of furan rings is 1. The van der Waals surface area contributed by atoms with E-state index in [0.717, 1.165) is 5.56 Å². The molecule has 0 atom stereocenters. The Hall–Kier alpha value is -2.53. The van der Waals surface area contributed by atoms with Crippen LogP contribution in [-0.4, -0.2) is 16.6 Å². The first-order valence-electron chi connectivity index (χ1n) is 6.40. The summed E-state index contributed by atoms with van der Waals surface area (Å²) in [6.07, 6.45) is 1.54. The number of hydrogen-bond donors (Lipinski definition) is 0. The van der Waals surface area contributed by atoms with E-state index in [9.17, 15) is 9.59 Å². The molecule has 1 aliphatic carbocycles. The number of aromatic nitrogens is 1. The van der Waals surface area contributed by atoms with Crippen LogP contribution in [0.5, 0.6) is 0 Å². The second kappa shape index (κ2) is 4.23. The Labute approximate surface area is 124 Å². The molecule has 0 fully saturated rings. The molecule has 2 heterocycles. The molecule has 0 N–H and O–H groups in total. The van der Waals surface area contributed by atoms with Crippen LogP contribution >= 0.6 is 11.3 Å². The molecule has 3 aromatic rings. The van der Waals surface area contributed by atoms with Crippen LogP contribution < -0.4 is 0 Å². The molecule has 1 aromatic carbocycles. The summed E-state index contributed by atoms with van der Waals surface area (Å²) in [4.78, 5) is 29.8. The molecule has 0 spiro atoms. The predicted octanol–water partition coefficient (Wildman–Crippen LogP) is 3.49. The van der Waals surface area contributed by atoms with E-state index in [0.29, 0.717) is 26.8 Å². The van der Waals surface area contributed by atoms with Crippen molar-refractivity contribution in [3.05, 3.63) is 63.9 Å². The topological polar surface area (TPSA) is 60.2 Å². The van der Waals surface area contributed by atoms with Gasteiger partial charge in [-0.1, -0.05) is 11.6 Å². The van der Waals surface area contributed by atoms with Crippen molar-refractivity contribution < 1.29 is 14.0 Å². The number of thiazole rings is 1. The molecular formula is C16H9NO3S. The van der Waals surface area contributed by atoms with E-state index < -0.39 is 0 Å². The first-order valence-corrected chi connectivity index (χ1v) is 7.21. The third-order valence-corrected chi connectivity index (χ3v) is 4.51. The lowest BCUT2D eigenvalue weighted by atomic mass is 9.90. The number of fused-ring (bicyclic) bond motifs is 2. The molecule has 0 bridgehead atoms. The molecule has 0 radical (unpaired) electrons. The molecule has 102 valence electrons. The highest BCUT2D eigenvalue weighted by atomic mass is 32.1. The fourth-order valence-corrected chi connectivity index (χ4v) is 3.41. The van der Waals surface area contributed by atoms with Gasteiger partial charge in [0.1, 0.15) is 10.6 Å². The Balaban J connectivity index is 1.93. The van der Waals surface area contributed by atoms with Crippen molar-refractivity contribution in [2.24, 2.45) is 0 Å². The first kappa shape index (κ1) is 12.2. The lowest BCUT2D eigenvalue weighted by molar-refractivity contribution is 0.0979. The van der Waals surface area contributed by atoms with Crippen LogP contribution in [-0.2, 0) is 0 Å². The highest BCUT2D eigenvalue weighted by molar-refractivity contribution is 7.17. The number of nitrogens with zero attached hydrogens (tertiary/aromatic N) is 1. The highest BCUT2D eigenvalue weighted by Gasteiger charge is 2.34. The summed E-state index contributed by atoms with van der Waals surface area (Å²) >= 11 is 1.20. The molecule has 4 rings (SSSR count). The number of carbonyl (C=O) groups is 2. The summed E-state index contributed by atoms with van der Waals surface area (Å²) in [5.41, 5.74) is 2.07. The minimum atomic E-state index is -0.200. The molecule has 0 amide bonds. The van der Waals surface area contributed by atoms with Gasteiger partial charge in [0.05, 0.1) is 6.26 Å². The molecule has 0 unspecified atom stereocenters. The summed E-state index contributed by atoms with van der Waals surface area (Å²) in [5.74, 6) is 0.225. The van der Waals surface area contributed by atoms with E-state index in [1.807, 2.05) is 13.0 Å². The number of aryl methyl sites for hydroxylation is 1. The van der Waals surface area contributed by atoms with Crippen molar-refractivity contribution in [1.29, 1.82) is 0 Å². The average molecular weight is 295 g/mol. The zero-order chi connectivity index (χ0) is 14.6. The maximum absolute atomic E-state index is 12.6. The number of carbonyl (C=O) groups excluding carboxylic acids is 2. The van der Waals surface area contributed by atoms with Gasteiger partial charge in [0.15, 0.2) is 10.8 Å². The van der Waals surface area contributed by atoms with Gasteiger partial charge in [-0.3, -0.25) is 9.59 Å². The van der Waals surface area contributed by atoms with E-state index >= 15 is 0 Å². The third-order valence-electron chi connectivity index (χ3n) is 3.44. The van der Waals surface area contributed by atoms with Crippen LogP contribution in [0.4, 0.5) is 0 Å². The predicted molar refractivity (Wildman–Crippen MR) is 77.9 cm³/mol. The molecule has 4 nitrogen and oxygen atoms in total. The summed E-state index contributed by atoms with van der Waals surface area (Å²) in [6.45, 7) is 1.90. The fraction of sp³-hybridized carbons (Fsp3) is 0.0625. The summed E-state index contributed by atoms with van der Waals surface area (Å²) < 4.78 is 5.29. The van der Waals surface area contributed by atoms with Crippen molar-refractivity contribution in [1.82, 2.24) is 4.98 Å². The Kier molecular flexibility index (Phi) is 2.46. The van der Waals surface area contributed by atoms with E-state index in [-0.39, 0.29) is 17.3 Å². The Morgan fingerprint density at radius 1 is 1.10 bits per heavy atom. The zero-order valence-corrected chi connectivity index (χ0v) is 11.9. The normalized spacial score (nSPS) is 13.2. The van der Waals surface area contributed by atoms with Gasteiger partial charge in [-0.25, -0.2) is 4.98 Å². The second-order valence-corrected chi connectivity index (χ2v) is 5.88. The molecule has 5 heteroatoms. The van der Waals surface area contributed by atoms with Gasteiger partial charge in [0.25, 0.3) is 0 Å². The Morgan fingerprint density at radius 2 is 1.95 bits per heavy atom. The lowest BCUT2D eigenvalue weighted by Gasteiger charge is -2.13. The van der Waals surface area contributed by atoms with Gasteiger partial charge in [-0.2, -0.15) is 0 Å². The first-order chi connectivity index (χ1) is 10.1. The summed E-state index contributed by atoms with van der Waals surface area (Å²) in [6, 6.07) is 8.79. The Bertz CT molecular complexity index is 890. The fourth-order valence-electron chi connectivity index (χ4n) is 2.43. The minimum Gasteiger partial charge on any atom is -0.462 e. The van der Waals surface area contributed by atoms with E-state index in [2.05, 4.69) is 4.98 Å². The van der Waals surface area contributed by atoms with E-state index in [1.54, 1.807) is 24.3 Å². The van der Waals surface area contributed by atoms with Crippen molar-refractivity contribution in [3.63, 3.8) is 0 Å². The summed E-state index contributed by atoms with van der Waals surface area (Å²) in [5, 5.41) is 0.552. The molecule has 2 aromatic heterocycles. The SMILES string of the molecule is Cc1ccc2c(c1)C(=O)c1sc(-c3ccco3)nc1C2=O.